The van der Waals surface area contributed by atoms with E-state index in [0.29, 0.717) is 24.5 Å². The van der Waals surface area contributed by atoms with Gasteiger partial charge in [0.2, 0.25) is 5.91 Å². The highest BCUT2D eigenvalue weighted by atomic mass is 16.5. The van der Waals surface area contributed by atoms with E-state index in [1.54, 1.807) is 10.7 Å². The fourth-order valence-corrected chi connectivity index (χ4v) is 3.92. The van der Waals surface area contributed by atoms with Gasteiger partial charge in [-0.15, -0.1) is 0 Å². The number of fused-ring (bicyclic) bond motifs is 1. The largest absolute Gasteiger partial charge is 0.488 e. The number of nitrogens with one attached hydrogen (secondary N) is 1. The van der Waals surface area contributed by atoms with E-state index in [2.05, 4.69) is 25.3 Å². The summed E-state index contributed by atoms with van der Waals surface area (Å²) in [6, 6.07) is 3.85. The van der Waals surface area contributed by atoms with Crippen molar-refractivity contribution in [3.63, 3.8) is 0 Å². The Morgan fingerprint density at radius 3 is 2.80 bits per heavy atom. The molecular formula is C21H24N6O3. The van der Waals surface area contributed by atoms with E-state index >= 15 is 0 Å². The Balaban J connectivity index is 1.41. The third-order valence-corrected chi connectivity index (χ3v) is 5.73. The first-order chi connectivity index (χ1) is 14.7. The summed E-state index contributed by atoms with van der Waals surface area (Å²) in [4.78, 5) is 22.9. The number of hydrogen-bond donors (Lipinski definition) is 1. The van der Waals surface area contributed by atoms with Gasteiger partial charge in [0.25, 0.3) is 0 Å². The number of carbonyl (C=O) groups is 1. The minimum Gasteiger partial charge on any atom is -0.488 e. The Hall–Kier alpha value is -3.20. The van der Waals surface area contributed by atoms with Crippen LogP contribution in [0.2, 0.25) is 0 Å². The van der Waals surface area contributed by atoms with Crippen LogP contribution in [0.3, 0.4) is 0 Å². The zero-order valence-corrected chi connectivity index (χ0v) is 16.8. The van der Waals surface area contributed by atoms with Crippen molar-refractivity contribution in [1.82, 2.24) is 24.9 Å². The van der Waals surface area contributed by atoms with Gasteiger partial charge in [-0.1, -0.05) is 0 Å². The molecule has 2 saturated heterocycles. The molecule has 5 rings (SSSR count). The fourth-order valence-electron chi connectivity index (χ4n) is 3.92. The summed E-state index contributed by atoms with van der Waals surface area (Å²) < 4.78 is 13.4. The van der Waals surface area contributed by atoms with E-state index in [4.69, 9.17) is 9.47 Å². The second-order valence-corrected chi connectivity index (χ2v) is 7.71. The summed E-state index contributed by atoms with van der Waals surface area (Å²) in [7, 11) is 0. The SMILES string of the molecule is C[C@@H](Oc1cc(-c2ncc(N3CCOCC3)cn2)cn2nccc12)C1CNC(=O)C1. The molecule has 0 saturated carbocycles. The van der Waals surface area contributed by atoms with Crippen molar-refractivity contribution in [2.45, 2.75) is 19.4 Å². The monoisotopic (exact) mass is 408 g/mol. The molecule has 3 aromatic heterocycles. The van der Waals surface area contributed by atoms with Crippen LogP contribution in [0.5, 0.6) is 5.75 Å². The van der Waals surface area contributed by atoms with Gasteiger partial charge < -0.3 is 19.7 Å². The molecule has 1 unspecified atom stereocenters. The molecule has 0 aromatic carbocycles. The van der Waals surface area contributed by atoms with E-state index in [1.807, 2.05) is 37.6 Å². The number of amides is 1. The molecule has 1 N–H and O–H groups in total. The average molecular weight is 408 g/mol. The molecule has 0 spiro atoms. The highest BCUT2D eigenvalue weighted by molar-refractivity contribution is 5.78. The lowest BCUT2D eigenvalue weighted by atomic mass is 10.0. The number of rotatable bonds is 5. The van der Waals surface area contributed by atoms with Crippen LogP contribution in [0, 0.1) is 5.92 Å². The number of carbonyl (C=O) groups excluding carboxylic acids is 1. The number of hydrogen-bond acceptors (Lipinski definition) is 7. The number of morpholine rings is 1. The van der Waals surface area contributed by atoms with Crippen LogP contribution in [0.1, 0.15) is 13.3 Å². The molecule has 30 heavy (non-hydrogen) atoms. The number of pyridine rings is 1. The molecule has 1 amide bonds. The number of ether oxygens (including phenoxy) is 2. The molecule has 2 atom stereocenters. The summed E-state index contributed by atoms with van der Waals surface area (Å²) in [6.45, 7) is 5.77. The van der Waals surface area contributed by atoms with Crippen LogP contribution in [0.4, 0.5) is 5.69 Å². The minimum atomic E-state index is -0.109. The van der Waals surface area contributed by atoms with Crippen LogP contribution in [-0.2, 0) is 9.53 Å². The van der Waals surface area contributed by atoms with Crippen LogP contribution in [0.15, 0.2) is 36.9 Å². The standard InChI is InChI=1S/C21H24N6O3/c1-14(15-9-20(28)22-10-15)30-19-8-16(13-27-18(19)2-3-25-27)21-23-11-17(12-24-21)26-4-6-29-7-5-26/h2-3,8,11-15H,4-7,9-10H2,1H3,(H,22,28)/t14-,15?/m1/s1. The zero-order valence-electron chi connectivity index (χ0n) is 16.8. The van der Waals surface area contributed by atoms with Gasteiger partial charge in [-0.2, -0.15) is 5.10 Å². The minimum absolute atomic E-state index is 0.0764. The van der Waals surface area contributed by atoms with E-state index in [9.17, 15) is 4.79 Å². The molecule has 3 aromatic rings. The van der Waals surface area contributed by atoms with Gasteiger partial charge in [-0.25, -0.2) is 14.5 Å². The van der Waals surface area contributed by atoms with Crippen molar-refractivity contribution >= 4 is 17.1 Å². The number of anilines is 1. The first-order valence-electron chi connectivity index (χ1n) is 10.2. The summed E-state index contributed by atoms with van der Waals surface area (Å²) in [5.74, 6) is 1.54. The zero-order chi connectivity index (χ0) is 20.5. The summed E-state index contributed by atoms with van der Waals surface area (Å²) >= 11 is 0. The maximum atomic E-state index is 11.6. The van der Waals surface area contributed by atoms with Crippen LogP contribution in [-0.4, -0.2) is 64.4 Å². The molecule has 0 aliphatic carbocycles. The lowest BCUT2D eigenvalue weighted by Crippen LogP contribution is -2.36. The topological polar surface area (TPSA) is 93.9 Å². The van der Waals surface area contributed by atoms with E-state index < -0.39 is 0 Å². The molecule has 5 heterocycles. The van der Waals surface area contributed by atoms with Crippen molar-refractivity contribution in [3.8, 4) is 17.1 Å². The van der Waals surface area contributed by atoms with E-state index in [1.165, 1.54) is 0 Å². The lowest BCUT2D eigenvalue weighted by molar-refractivity contribution is -0.119. The lowest BCUT2D eigenvalue weighted by Gasteiger charge is -2.28. The van der Waals surface area contributed by atoms with Crippen LogP contribution < -0.4 is 15.0 Å². The van der Waals surface area contributed by atoms with Crippen LogP contribution in [0.25, 0.3) is 16.9 Å². The first-order valence-corrected chi connectivity index (χ1v) is 10.2. The average Bonchev–Trinajstić information content (AvgIpc) is 3.43. The van der Waals surface area contributed by atoms with Gasteiger partial charge >= 0.3 is 0 Å². The Morgan fingerprint density at radius 2 is 2.07 bits per heavy atom. The van der Waals surface area contributed by atoms with Gasteiger partial charge in [-0.05, 0) is 19.1 Å². The Kier molecular flexibility index (Phi) is 4.96. The molecule has 9 heteroatoms. The predicted octanol–water partition coefficient (Wildman–Crippen LogP) is 1.53. The molecule has 2 aliphatic heterocycles. The highest BCUT2D eigenvalue weighted by Gasteiger charge is 2.28. The summed E-state index contributed by atoms with van der Waals surface area (Å²) in [5.41, 5.74) is 2.68. The van der Waals surface area contributed by atoms with Crippen molar-refractivity contribution in [2.24, 2.45) is 5.92 Å². The van der Waals surface area contributed by atoms with Crippen molar-refractivity contribution in [3.05, 3.63) is 36.9 Å². The molecule has 2 fully saturated rings. The second-order valence-electron chi connectivity index (χ2n) is 7.71. The van der Waals surface area contributed by atoms with E-state index in [-0.39, 0.29) is 17.9 Å². The van der Waals surface area contributed by atoms with Gasteiger partial charge in [-0.3, -0.25) is 4.79 Å². The van der Waals surface area contributed by atoms with Crippen molar-refractivity contribution in [1.29, 1.82) is 0 Å². The van der Waals surface area contributed by atoms with Gasteiger partial charge in [0.15, 0.2) is 5.82 Å². The maximum Gasteiger partial charge on any atom is 0.220 e. The third-order valence-electron chi connectivity index (χ3n) is 5.73. The number of nitrogens with zero attached hydrogens (tertiary/aromatic N) is 5. The summed E-state index contributed by atoms with van der Waals surface area (Å²) in [5, 5.41) is 7.24. The Labute approximate surface area is 174 Å². The predicted molar refractivity (Wildman–Crippen MR) is 110 cm³/mol. The first kappa shape index (κ1) is 18.8. The third kappa shape index (κ3) is 3.68. The van der Waals surface area contributed by atoms with Crippen molar-refractivity contribution in [2.75, 3.05) is 37.7 Å². The smallest absolute Gasteiger partial charge is 0.220 e. The molecule has 2 aliphatic rings. The fraction of sp³-hybridized carbons (Fsp3) is 0.429. The highest BCUT2D eigenvalue weighted by Crippen LogP contribution is 2.29. The van der Waals surface area contributed by atoms with Gasteiger partial charge in [0.1, 0.15) is 17.4 Å². The molecule has 0 radical (unpaired) electrons. The molecule has 9 nitrogen and oxygen atoms in total. The van der Waals surface area contributed by atoms with Crippen molar-refractivity contribution < 1.29 is 14.3 Å². The van der Waals surface area contributed by atoms with Gasteiger partial charge in [0.05, 0.1) is 37.5 Å². The maximum absolute atomic E-state index is 11.6. The van der Waals surface area contributed by atoms with Gasteiger partial charge in [0, 0.05) is 43.7 Å². The molecule has 156 valence electrons. The second kappa shape index (κ2) is 7.91. The normalized spacial score (nSPS) is 20.4. The van der Waals surface area contributed by atoms with Crippen LogP contribution >= 0.6 is 0 Å². The molecular weight excluding hydrogens is 384 g/mol. The Morgan fingerprint density at radius 1 is 1.27 bits per heavy atom. The molecule has 0 bridgehead atoms. The summed E-state index contributed by atoms with van der Waals surface area (Å²) in [6.07, 6.45) is 7.71. The Bertz CT molecular complexity index is 1040. The van der Waals surface area contributed by atoms with E-state index in [0.717, 1.165) is 43.1 Å². The quantitative estimate of drug-likeness (QED) is 0.684. The number of aromatic nitrogens is 4.